The summed E-state index contributed by atoms with van der Waals surface area (Å²) in [5.41, 5.74) is 2.99. The smallest absolute Gasteiger partial charge is 0.129 e. The summed E-state index contributed by atoms with van der Waals surface area (Å²) >= 11 is 5.99. The van der Waals surface area contributed by atoms with Gasteiger partial charge in [0.1, 0.15) is 5.75 Å². The van der Waals surface area contributed by atoms with Gasteiger partial charge in [-0.25, -0.2) is 0 Å². The molecule has 3 rings (SSSR count). The maximum absolute atomic E-state index is 9.52. The molecule has 5 heteroatoms. The Morgan fingerprint density at radius 2 is 2.27 bits per heavy atom. The average molecular weight is 310 g/mol. The molecular weight excluding hydrogens is 298 g/mol. The molecule has 0 amide bonds. The minimum atomic E-state index is 0.528. The van der Waals surface area contributed by atoms with Crippen molar-refractivity contribution in [3.8, 4) is 11.8 Å². The minimum absolute atomic E-state index is 0.528. The predicted octanol–water partition coefficient (Wildman–Crippen LogP) is 4.29. The van der Waals surface area contributed by atoms with E-state index in [1.165, 1.54) is 0 Å². The normalized spacial score (nSPS) is 11.4. The number of ether oxygens (including phenoxy) is 1. The second kappa shape index (κ2) is 5.92. The Hall–Kier alpha value is -2.77. The van der Waals surface area contributed by atoms with Gasteiger partial charge in [-0.3, -0.25) is 4.98 Å². The predicted molar refractivity (Wildman–Crippen MR) is 87.6 cm³/mol. The summed E-state index contributed by atoms with van der Waals surface area (Å²) in [4.78, 5) is 7.21. The van der Waals surface area contributed by atoms with Crippen LogP contribution in [-0.2, 0) is 0 Å². The van der Waals surface area contributed by atoms with Gasteiger partial charge in [-0.1, -0.05) is 17.7 Å². The highest BCUT2D eigenvalue weighted by atomic mass is 35.5. The third-order valence-electron chi connectivity index (χ3n) is 3.38. The van der Waals surface area contributed by atoms with Crippen LogP contribution in [0.15, 0.2) is 42.9 Å². The first kappa shape index (κ1) is 14.2. The van der Waals surface area contributed by atoms with Gasteiger partial charge in [0, 0.05) is 45.6 Å². The Kier molecular flexibility index (Phi) is 3.82. The highest BCUT2D eigenvalue weighted by Crippen LogP contribution is 2.29. The number of allylic oxidation sites excluding steroid dienone is 1. The van der Waals surface area contributed by atoms with Crippen molar-refractivity contribution >= 4 is 34.2 Å². The molecule has 0 atom stereocenters. The molecule has 2 aromatic heterocycles. The van der Waals surface area contributed by atoms with Crippen LogP contribution in [0, 0.1) is 11.3 Å². The van der Waals surface area contributed by atoms with E-state index in [1.807, 2.05) is 12.1 Å². The van der Waals surface area contributed by atoms with Crippen LogP contribution in [0.4, 0.5) is 0 Å². The fourth-order valence-corrected chi connectivity index (χ4v) is 2.51. The molecule has 0 aliphatic carbocycles. The number of methoxy groups -OCH3 is 1. The standard InChI is InChI=1S/C17H12ClN3O/c1-22-17-4-5-20-9-12(17)6-11(8-19)15-10-21-16-7-13(18)2-3-14(15)16/h2-7,9-10,21H,1H3/b11-6+. The molecule has 0 radical (unpaired) electrons. The molecule has 1 aromatic carbocycles. The van der Waals surface area contributed by atoms with Gasteiger partial charge < -0.3 is 9.72 Å². The van der Waals surface area contributed by atoms with Crippen LogP contribution >= 0.6 is 11.6 Å². The number of nitriles is 1. The third-order valence-corrected chi connectivity index (χ3v) is 3.62. The molecule has 2 heterocycles. The SMILES string of the molecule is COc1ccncc1/C=C(\C#N)c1c[nH]c2cc(Cl)ccc12. The number of aromatic amines is 1. The van der Waals surface area contributed by atoms with Gasteiger partial charge in [-0.15, -0.1) is 0 Å². The molecule has 0 saturated heterocycles. The molecular formula is C17H12ClN3O. The van der Waals surface area contributed by atoms with E-state index in [0.717, 1.165) is 22.0 Å². The summed E-state index contributed by atoms with van der Waals surface area (Å²) in [6.07, 6.45) is 6.89. The van der Waals surface area contributed by atoms with Crippen molar-refractivity contribution < 1.29 is 4.74 Å². The minimum Gasteiger partial charge on any atom is -0.496 e. The van der Waals surface area contributed by atoms with Crippen molar-refractivity contribution in [3.05, 3.63) is 59.0 Å². The molecule has 0 unspecified atom stereocenters. The lowest BCUT2D eigenvalue weighted by Crippen LogP contribution is -1.88. The second-order valence-electron chi connectivity index (χ2n) is 4.68. The number of benzene rings is 1. The third kappa shape index (κ3) is 2.54. The molecule has 0 fully saturated rings. The number of rotatable bonds is 3. The highest BCUT2D eigenvalue weighted by molar-refractivity contribution is 6.31. The Bertz CT molecular complexity index is 906. The van der Waals surface area contributed by atoms with E-state index in [2.05, 4.69) is 16.0 Å². The number of nitrogens with one attached hydrogen (secondary N) is 1. The Balaban J connectivity index is 2.14. The fourth-order valence-electron chi connectivity index (χ4n) is 2.34. The highest BCUT2D eigenvalue weighted by Gasteiger charge is 2.10. The molecule has 0 bridgehead atoms. The lowest BCUT2D eigenvalue weighted by Gasteiger charge is -2.04. The van der Waals surface area contributed by atoms with Gasteiger partial charge in [0.2, 0.25) is 0 Å². The zero-order chi connectivity index (χ0) is 15.5. The van der Waals surface area contributed by atoms with Crippen molar-refractivity contribution in [2.45, 2.75) is 0 Å². The lowest BCUT2D eigenvalue weighted by atomic mass is 10.0. The van der Waals surface area contributed by atoms with E-state index >= 15 is 0 Å². The molecule has 3 aromatic rings. The van der Waals surface area contributed by atoms with Crippen LogP contribution in [0.25, 0.3) is 22.6 Å². The van der Waals surface area contributed by atoms with Crippen molar-refractivity contribution in [1.29, 1.82) is 5.26 Å². The van der Waals surface area contributed by atoms with Gasteiger partial charge in [-0.05, 0) is 24.3 Å². The topological polar surface area (TPSA) is 61.7 Å². The number of hydrogen-bond donors (Lipinski definition) is 1. The van der Waals surface area contributed by atoms with Gasteiger partial charge in [-0.2, -0.15) is 5.26 Å². The maximum atomic E-state index is 9.52. The summed E-state index contributed by atoms with van der Waals surface area (Å²) in [6, 6.07) is 9.53. The molecule has 0 saturated carbocycles. The summed E-state index contributed by atoms with van der Waals surface area (Å²) in [5, 5.41) is 11.1. The number of H-pyrrole nitrogens is 1. The van der Waals surface area contributed by atoms with Crippen LogP contribution in [0.5, 0.6) is 5.75 Å². The van der Waals surface area contributed by atoms with Crippen LogP contribution in [0.3, 0.4) is 0 Å². The molecule has 0 spiro atoms. The maximum Gasteiger partial charge on any atom is 0.129 e. The first-order valence-electron chi connectivity index (χ1n) is 6.59. The van der Waals surface area contributed by atoms with Crippen LogP contribution < -0.4 is 4.74 Å². The number of pyridine rings is 1. The molecule has 22 heavy (non-hydrogen) atoms. The largest absolute Gasteiger partial charge is 0.496 e. The Morgan fingerprint density at radius 1 is 1.41 bits per heavy atom. The van der Waals surface area contributed by atoms with E-state index in [0.29, 0.717) is 16.3 Å². The van der Waals surface area contributed by atoms with E-state index in [-0.39, 0.29) is 0 Å². The summed E-state index contributed by atoms with van der Waals surface area (Å²) in [6.45, 7) is 0. The zero-order valence-electron chi connectivity index (χ0n) is 11.8. The van der Waals surface area contributed by atoms with Crippen molar-refractivity contribution in [2.24, 2.45) is 0 Å². The lowest BCUT2D eigenvalue weighted by molar-refractivity contribution is 0.413. The second-order valence-corrected chi connectivity index (χ2v) is 5.12. The first-order chi connectivity index (χ1) is 10.7. The van der Waals surface area contributed by atoms with E-state index < -0.39 is 0 Å². The number of aromatic nitrogens is 2. The summed E-state index contributed by atoms with van der Waals surface area (Å²) < 4.78 is 5.29. The number of halogens is 1. The Morgan fingerprint density at radius 3 is 3.05 bits per heavy atom. The van der Waals surface area contributed by atoms with Crippen molar-refractivity contribution in [2.75, 3.05) is 7.11 Å². The monoisotopic (exact) mass is 309 g/mol. The van der Waals surface area contributed by atoms with Gasteiger partial charge in [0.05, 0.1) is 18.8 Å². The molecule has 0 aliphatic heterocycles. The molecule has 1 N–H and O–H groups in total. The molecule has 4 nitrogen and oxygen atoms in total. The van der Waals surface area contributed by atoms with Gasteiger partial charge in [0.25, 0.3) is 0 Å². The number of hydrogen-bond acceptors (Lipinski definition) is 3. The fraction of sp³-hybridized carbons (Fsp3) is 0.0588. The van der Waals surface area contributed by atoms with Crippen LogP contribution in [0.1, 0.15) is 11.1 Å². The Labute approximate surface area is 132 Å². The zero-order valence-corrected chi connectivity index (χ0v) is 12.6. The van der Waals surface area contributed by atoms with Crippen molar-refractivity contribution in [1.82, 2.24) is 9.97 Å². The van der Waals surface area contributed by atoms with Gasteiger partial charge >= 0.3 is 0 Å². The van der Waals surface area contributed by atoms with E-state index in [9.17, 15) is 5.26 Å². The average Bonchev–Trinajstić information content (AvgIpc) is 2.95. The van der Waals surface area contributed by atoms with E-state index in [1.54, 1.807) is 43.9 Å². The van der Waals surface area contributed by atoms with Crippen LogP contribution in [0.2, 0.25) is 5.02 Å². The van der Waals surface area contributed by atoms with Crippen molar-refractivity contribution in [3.63, 3.8) is 0 Å². The quantitative estimate of drug-likeness (QED) is 0.734. The number of nitrogens with zero attached hydrogens (tertiary/aromatic N) is 2. The van der Waals surface area contributed by atoms with Gasteiger partial charge in [0.15, 0.2) is 0 Å². The summed E-state index contributed by atoms with van der Waals surface area (Å²) in [7, 11) is 1.59. The summed E-state index contributed by atoms with van der Waals surface area (Å²) in [5.74, 6) is 0.672. The van der Waals surface area contributed by atoms with Crippen LogP contribution in [-0.4, -0.2) is 17.1 Å². The van der Waals surface area contributed by atoms with E-state index in [4.69, 9.17) is 16.3 Å². The first-order valence-corrected chi connectivity index (χ1v) is 6.97. The number of fused-ring (bicyclic) bond motifs is 1. The molecule has 0 aliphatic rings. The molecule has 108 valence electrons.